The second kappa shape index (κ2) is 17.2. The number of ether oxygens (including phenoxy) is 4. The number of carbonyl (C=O) groups is 5. The smallest absolute Gasteiger partial charge is 0.410 e. The highest BCUT2D eigenvalue weighted by Crippen LogP contribution is 2.33. The first-order valence-corrected chi connectivity index (χ1v) is 15.2. The minimum absolute atomic E-state index is 0.0417. The van der Waals surface area contributed by atoms with Gasteiger partial charge in [-0.2, -0.15) is 0 Å². The Labute approximate surface area is 258 Å². The van der Waals surface area contributed by atoms with Crippen LogP contribution in [0.25, 0.3) is 0 Å². The lowest BCUT2D eigenvalue weighted by Gasteiger charge is -2.27. The molecule has 3 N–H and O–H groups in total. The number of nitrogens with one attached hydrogen (secondary N) is 1. The van der Waals surface area contributed by atoms with Crippen LogP contribution < -0.4 is 11.1 Å². The van der Waals surface area contributed by atoms with Gasteiger partial charge in [0.05, 0.1) is 52.1 Å². The fraction of sp³-hybridized carbons (Fsp3) is 0.645. The van der Waals surface area contributed by atoms with Crippen molar-refractivity contribution >= 4 is 35.2 Å². The first-order chi connectivity index (χ1) is 21.0. The fourth-order valence-corrected chi connectivity index (χ4v) is 4.94. The van der Waals surface area contributed by atoms with Gasteiger partial charge in [-0.15, -0.1) is 0 Å². The molecule has 0 spiro atoms. The van der Waals surface area contributed by atoms with Gasteiger partial charge in [-0.05, 0) is 39.3 Å². The fourth-order valence-electron chi connectivity index (χ4n) is 4.94. The molecule has 1 aliphatic heterocycles. The van der Waals surface area contributed by atoms with Crippen LogP contribution in [-0.2, 0) is 39.9 Å². The van der Waals surface area contributed by atoms with Gasteiger partial charge >= 0.3 is 6.09 Å². The lowest BCUT2D eigenvalue weighted by atomic mass is 10.1. The van der Waals surface area contributed by atoms with E-state index in [1.165, 1.54) is 9.80 Å². The van der Waals surface area contributed by atoms with E-state index in [0.717, 1.165) is 0 Å². The molecule has 13 nitrogen and oxygen atoms in total. The van der Waals surface area contributed by atoms with E-state index in [0.29, 0.717) is 75.9 Å². The van der Waals surface area contributed by atoms with Crippen LogP contribution >= 0.6 is 0 Å². The number of carbonyl (C=O) groups excluding carboxylic acids is 5. The van der Waals surface area contributed by atoms with Gasteiger partial charge in [-0.25, -0.2) is 4.79 Å². The molecule has 44 heavy (non-hydrogen) atoms. The van der Waals surface area contributed by atoms with E-state index in [2.05, 4.69) is 5.32 Å². The van der Waals surface area contributed by atoms with Gasteiger partial charge in [0.2, 0.25) is 5.91 Å². The number of nitrogens with zero attached hydrogens (tertiary/aromatic N) is 2. The van der Waals surface area contributed by atoms with Crippen molar-refractivity contribution < 1.29 is 42.9 Å². The van der Waals surface area contributed by atoms with Crippen LogP contribution in [0, 0.1) is 0 Å². The number of nitrogens with two attached hydrogens (primary N) is 1. The molecule has 3 amide bonds. The first-order valence-electron chi connectivity index (χ1n) is 15.2. The second-order valence-corrected chi connectivity index (χ2v) is 11.7. The lowest BCUT2D eigenvalue weighted by Crippen LogP contribution is -2.41. The van der Waals surface area contributed by atoms with E-state index in [-0.39, 0.29) is 62.2 Å². The first kappa shape index (κ1) is 35.1. The standard InChI is InChI=1S/C31H46N4O9/c1-31(2,3)44-30(40)34(13-12-32)14-16-42-18-20-43-19-17-41-15-11-28(38)33-25-6-4-5-23-24(25)21-35(29(23)39)26-9-7-22(36)8-10-27(26)37/h4-6,26H,7-21,32H2,1-3H3,(H,33,38). The summed E-state index contributed by atoms with van der Waals surface area (Å²) in [5.41, 5.74) is 6.66. The monoisotopic (exact) mass is 618 g/mol. The Morgan fingerprint density at radius 2 is 1.64 bits per heavy atom. The largest absolute Gasteiger partial charge is 0.444 e. The molecule has 1 saturated carbocycles. The predicted molar refractivity (Wildman–Crippen MR) is 161 cm³/mol. The Balaban J connectivity index is 1.29. The van der Waals surface area contributed by atoms with Gasteiger partial charge in [-0.1, -0.05) is 6.07 Å². The van der Waals surface area contributed by atoms with Crippen molar-refractivity contribution in [2.45, 2.75) is 71.1 Å². The molecular weight excluding hydrogens is 572 g/mol. The zero-order valence-corrected chi connectivity index (χ0v) is 26.1. The Morgan fingerprint density at radius 3 is 2.32 bits per heavy atom. The van der Waals surface area contributed by atoms with Crippen molar-refractivity contribution in [3.63, 3.8) is 0 Å². The molecule has 1 fully saturated rings. The summed E-state index contributed by atoms with van der Waals surface area (Å²) in [5, 5.41) is 2.86. The molecule has 0 saturated heterocycles. The highest BCUT2D eigenvalue weighted by Gasteiger charge is 2.38. The lowest BCUT2D eigenvalue weighted by molar-refractivity contribution is -0.124. The molecule has 1 atom stereocenters. The molecule has 1 aliphatic carbocycles. The average molecular weight is 619 g/mol. The quantitative estimate of drug-likeness (QED) is 0.207. The highest BCUT2D eigenvalue weighted by molar-refractivity contribution is 6.04. The average Bonchev–Trinajstić information content (AvgIpc) is 3.20. The van der Waals surface area contributed by atoms with Crippen LogP contribution in [-0.4, -0.2) is 110 Å². The van der Waals surface area contributed by atoms with Crippen LogP contribution in [0.15, 0.2) is 18.2 Å². The zero-order valence-electron chi connectivity index (χ0n) is 26.1. The van der Waals surface area contributed by atoms with Gasteiger partial charge in [0.1, 0.15) is 11.4 Å². The maximum atomic E-state index is 13.1. The number of anilines is 1. The van der Waals surface area contributed by atoms with E-state index in [1.54, 1.807) is 39.0 Å². The second-order valence-electron chi connectivity index (χ2n) is 11.7. The van der Waals surface area contributed by atoms with Crippen molar-refractivity contribution in [1.82, 2.24) is 9.80 Å². The molecule has 0 aromatic heterocycles. The molecule has 3 rings (SSSR count). The van der Waals surface area contributed by atoms with E-state index in [9.17, 15) is 24.0 Å². The Bertz CT molecular complexity index is 1170. The molecule has 1 aromatic rings. The minimum atomic E-state index is -0.622. The Morgan fingerprint density at radius 1 is 0.955 bits per heavy atom. The summed E-state index contributed by atoms with van der Waals surface area (Å²) in [6.45, 7) is 8.55. The number of hydrogen-bond donors (Lipinski definition) is 2. The SMILES string of the molecule is CC(C)(C)OC(=O)N(CCN)CCOCCOCCOCCC(=O)Nc1cccc2c1CN(C1CCC(=O)CCC1=O)C2=O. The number of Topliss-reactive ketones (excluding diaryl/α,β-unsaturated/α-hetero) is 2. The van der Waals surface area contributed by atoms with Gasteiger partial charge in [-0.3, -0.25) is 19.2 Å². The summed E-state index contributed by atoms with van der Waals surface area (Å²) < 4.78 is 21.9. The highest BCUT2D eigenvalue weighted by atomic mass is 16.6. The number of rotatable bonds is 16. The van der Waals surface area contributed by atoms with Gasteiger partial charge in [0, 0.05) is 62.3 Å². The normalized spacial score (nSPS) is 17.0. The summed E-state index contributed by atoms with van der Waals surface area (Å²) in [7, 11) is 0. The van der Waals surface area contributed by atoms with Crippen LogP contribution in [0.4, 0.5) is 10.5 Å². The summed E-state index contributed by atoms with van der Waals surface area (Å²) >= 11 is 0. The maximum Gasteiger partial charge on any atom is 0.410 e. The third-order valence-corrected chi connectivity index (χ3v) is 7.14. The summed E-state index contributed by atoms with van der Waals surface area (Å²) in [6, 6.07) is 4.50. The van der Waals surface area contributed by atoms with Gasteiger partial charge in [0.15, 0.2) is 5.78 Å². The molecule has 1 heterocycles. The van der Waals surface area contributed by atoms with Crippen molar-refractivity contribution in [2.75, 3.05) is 64.6 Å². The molecule has 0 bridgehead atoms. The Hall–Kier alpha value is -3.39. The van der Waals surface area contributed by atoms with Crippen LogP contribution in [0.3, 0.4) is 0 Å². The number of ketones is 2. The molecule has 1 aromatic carbocycles. The third-order valence-electron chi connectivity index (χ3n) is 7.14. The zero-order chi connectivity index (χ0) is 32.1. The number of fused-ring (bicyclic) bond motifs is 1. The van der Waals surface area contributed by atoms with E-state index in [4.69, 9.17) is 24.7 Å². The van der Waals surface area contributed by atoms with Crippen molar-refractivity contribution in [1.29, 1.82) is 0 Å². The predicted octanol–water partition coefficient (Wildman–Crippen LogP) is 2.30. The minimum Gasteiger partial charge on any atom is -0.444 e. The molecule has 0 radical (unpaired) electrons. The topological polar surface area (TPSA) is 167 Å². The summed E-state index contributed by atoms with van der Waals surface area (Å²) in [4.78, 5) is 65.3. The molecular formula is C31H46N4O9. The summed E-state index contributed by atoms with van der Waals surface area (Å²) in [5.74, 6) is -0.571. The molecule has 244 valence electrons. The molecule has 2 aliphatic rings. The van der Waals surface area contributed by atoms with Crippen molar-refractivity contribution in [3.8, 4) is 0 Å². The van der Waals surface area contributed by atoms with Crippen LogP contribution in [0.5, 0.6) is 0 Å². The van der Waals surface area contributed by atoms with Crippen molar-refractivity contribution in [3.05, 3.63) is 29.3 Å². The van der Waals surface area contributed by atoms with Gasteiger partial charge < -0.3 is 39.8 Å². The van der Waals surface area contributed by atoms with E-state index in [1.807, 2.05) is 0 Å². The Kier molecular flexibility index (Phi) is 13.7. The number of hydrogen-bond acceptors (Lipinski definition) is 10. The van der Waals surface area contributed by atoms with E-state index < -0.39 is 17.7 Å². The van der Waals surface area contributed by atoms with Gasteiger partial charge in [0.25, 0.3) is 5.91 Å². The third kappa shape index (κ3) is 11.0. The van der Waals surface area contributed by atoms with Crippen LogP contribution in [0.1, 0.15) is 68.8 Å². The number of amides is 3. The van der Waals surface area contributed by atoms with E-state index >= 15 is 0 Å². The number of benzene rings is 1. The van der Waals surface area contributed by atoms with Crippen molar-refractivity contribution in [2.24, 2.45) is 5.73 Å². The molecule has 13 heteroatoms. The summed E-state index contributed by atoms with van der Waals surface area (Å²) in [6.07, 6.45) is 0.678. The molecule has 1 unspecified atom stereocenters. The maximum absolute atomic E-state index is 13.1. The van der Waals surface area contributed by atoms with Crippen LogP contribution in [0.2, 0.25) is 0 Å².